The number of rotatable bonds is 8. The molecule has 0 bridgehead atoms. The summed E-state index contributed by atoms with van der Waals surface area (Å²) in [6.07, 6.45) is -0.117. The van der Waals surface area contributed by atoms with Crippen LogP contribution in [0.15, 0.2) is 48.9 Å². The first kappa shape index (κ1) is 27.9. The Labute approximate surface area is 223 Å². The lowest BCUT2D eigenvalue weighted by Gasteiger charge is -2.19. The molecular formula is C26H30F3N7O3. The minimum absolute atomic E-state index is 0.0289. The molecule has 3 heterocycles. The number of nitrogens with zero attached hydrogens (tertiary/aromatic N) is 6. The van der Waals surface area contributed by atoms with Crippen LogP contribution >= 0.6 is 0 Å². The highest BCUT2D eigenvalue weighted by atomic mass is 19.4. The molecule has 0 fully saturated rings. The molecule has 0 spiro atoms. The van der Waals surface area contributed by atoms with Gasteiger partial charge in [0, 0.05) is 24.5 Å². The average Bonchev–Trinajstić information content (AvgIpc) is 3.45. The lowest BCUT2D eigenvalue weighted by molar-refractivity contribution is -0.274. The number of fused-ring (bicyclic) bond motifs is 1. The van der Waals surface area contributed by atoms with Gasteiger partial charge in [-0.25, -0.2) is 14.5 Å². The Morgan fingerprint density at radius 2 is 1.82 bits per heavy atom. The average molecular weight is 546 g/mol. The van der Waals surface area contributed by atoms with Gasteiger partial charge in [0.2, 0.25) is 0 Å². The number of hydrogen-bond donors (Lipinski definition) is 1. The Hall–Kier alpha value is -4.13. The molecule has 4 aromatic rings. The molecule has 0 aliphatic rings. The SMILES string of the molecule is CN(C)CCn1cc(-c2ccnc3c2c(CNC(=O)OC(C)(C)C)nn3-c2ccc(OC(F)(F)F)cc2)cn1. The molecule has 0 atom stereocenters. The Kier molecular flexibility index (Phi) is 7.82. The molecular weight excluding hydrogens is 515 g/mol. The Bertz CT molecular complexity index is 1440. The molecule has 0 unspecified atom stereocenters. The molecule has 0 radical (unpaired) electrons. The van der Waals surface area contributed by atoms with Crippen LogP contribution in [0.25, 0.3) is 27.8 Å². The number of benzene rings is 1. The number of alkyl carbamates (subject to hydrolysis) is 1. The fourth-order valence-corrected chi connectivity index (χ4v) is 3.84. The van der Waals surface area contributed by atoms with Crippen molar-refractivity contribution in [3.63, 3.8) is 0 Å². The van der Waals surface area contributed by atoms with Gasteiger partial charge in [0.05, 0.1) is 36.1 Å². The maximum absolute atomic E-state index is 12.6. The molecule has 4 rings (SSSR count). The van der Waals surface area contributed by atoms with Gasteiger partial charge < -0.3 is 19.7 Å². The summed E-state index contributed by atoms with van der Waals surface area (Å²) in [7, 11) is 3.97. The van der Waals surface area contributed by atoms with Crippen molar-refractivity contribution >= 4 is 17.1 Å². The summed E-state index contributed by atoms with van der Waals surface area (Å²) < 4.78 is 50.6. The summed E-state index contributed by atoms with van der Waals surface area (Å²) in [4.78, 5) is 18.9. The van der Waals surface area contributed by atoms with Gasteiger partial charge in [-0.1, -0.05) is 0 Å². The molecule has 13 heteroatoms. The number of likely N-dealkylation sites (N-methyl/N-ethyl adjacent to an activating group) is 1. The molecule has 1 amide bonds. The van der Waals surface area contributed by atoms with Crippen LogP contribution in [0.2, 0.25) is 0 Å². The predicted octanol–water partition coefficient (Wildman–Crippen LogP) is 4.77. The highest BCUT2D eigenvalue weighted by molar-refractivity contribution is 5.95. The molecule has 1 N–H and O–H groups in total. The van der Waals surface area contributed by atoms with Crippen molar-refractivity contribution in [1.29, 1.82) is 0 Å². The van der Waals surface area contributed by atoms with E-state index in [4.69, 9.17) is 4.74 Å². The molecule has 39 heavy (non-hydrogen) atoms. The van der Waals surface area contributed by atoms with Crippen LogP contribution in [0.3, 0.4) is 0 Å². The van der Waals surface area contributed by atoms with Gasteiger partial charge in [-0.2, -0.15) is 10.2 Å². The predicted molar refractivity (Wildman–Crippen MR) is 138 cm³/mol. The maximum atomic E-state index is 12.6. The molecule has 0 aliphatic carbocycles. The molecule has 1 aromatic carbocycles. The highest BCUT2D eigenvalue weighted by Crippen LogP contribution is 2.32. The van der Waals surface area contributed by atoms with Crippen molar-refractivity contribution in [3.8, 4) is 22.6 Å². The number of aromatic nitrogens is 5. The number of carbonyl (C=O) groups is 1. The second kappa shape index (κ2) is 10.9. The molecule has 10 nitrogen and oxygen atoms in total. The van der Waals surface area contributed by atoms with Gasteiger partial charge >= 0.3 is 12.5 Å². The summed E-state index contributed by atoms with van der Waals surface area (Å²) in [5.74, 6) is -0.353. The number of pyridine rings is 1. The van der Waals surface area contributed by atoms with E-state index in [2.05, 4.69) is 30.1 Å². The van der Waals surface area contributed by atoms with Crippen molar-refractivity contribution in [2.24, 2.45) is 0 Å². The van der Waals surface area contributed by atoms with Gasteiger partial charge in [-0.15, -0.1) is 13.2 Å². The van der Waals surface area contributed by atoms with Crippen LogP contribution in [0.5, 0.6) is 5.75 Å². The number of nitrogens with one attached hydrogen (secondary N) is 1. The van der Waals surface area contributed by atoms with Crippen LogP contribution in [0, 0.1) is 0 Å². The maximum Gasteiger partial charge on any atom is 0.573 e. The minimum atomic E-state index is -4.80. The lowest BCUT2D eigenvalue weighted by Crippen LogP contribution is -2.32. The number of carbonyl (C=O) groups excluding carboxylic acids is 1. The van der Waals surface area contributed by atoms with Crippen LogP contribution < -0.4 is 10.1 Å². The summed E-state index contributed by atoms with van der Waals surface area (Å²) in [5.41, 5.74) is 2.35. The van der Waals surface area contributed by atoms with Crippen LogP contribution in [-0.2, 0) is 17.8 Å². The van der Waals surface area contributed by atoms with Gasteiger partial charge in [-0.05, 0) is 70.8 Å². The van der Waals surface area contributed by atoms with E-state index < -0.39 is 18.1 Å². The third kappa shape index (κ3) is 7.25. The normalized spacial score (nSPS) is 12.2. The van der Waals surface area contributed by atoms with E-state index in [0.717, 1.165) is 17.7 Å². The van der Waals surface area contributed by atoms with Gasteiger partial charge in [0.1, 0.15) is 11.4 Å². The van der Waals surface area contributed by atoms with Crippen LogP contribution in [0.4, 0.5) is 18.0 Å². The van der Waals surface area contributed by atoms with E-state index in [1.807, 2.05) is 31.0 Å². The van der Waals surface area contributed by atoms with Gasteiger partial charge in [0.15, 0.2) is 5.65 Å². The standard InChI is InChI=1S/C26H30F3N7O3/c1-25(2,3)39-24(37)31-15-21-22-20(17-14-32-35(16-17)13-12-34(4)5)10-11-30-23(22)36(33-21)18-6-8-19(9-7-18)38-26(27,28)29/h6-11,14,16H,12-13,15H2,1-5H3,(H,31,37). The van der Waals surface area contributed by atoms with E-state index in [9.17, 15) is 18.0 Å². The first-order valence-electron chi connectivity index (χ1n) is 12.2. The zero-order chi connectivity index (χ0) is 28.4. The highest BCUT2D eigenvalue weighted by Gasteiger charge is 2.31. The van der Waals surface area contributed by atoms with Crippen LogP contribution in [-0.4, -0.2) is 68.1 Å². The quantitative estimate of drug-likeness (QED) is 0.341. The molecule has 208 valence electrons. The first-order chi connectivity index (χ1) is 18.3. The van der Waals surface area contributed by atoms with Gasteiger partial charge in [-0.3, -0.25) is 4.68 Å². The minimum Gasteiger partial charge on any atom is -0.444 e. The van der Waals surface area contributed by atoms with E-state index in [-0.39, 0.29) is 12.3 Å². The van der Waals surface area contributed by atoms with Crippen molar-refractivity contribution in [1.82, 2.24) is 34.8 Å². The molecule has 0 saturated carbocycles. The number of hydrogen-bond acceptors (Lipinski definition) is 7. The van der Waals surface area contributed by atoms with E-state index in [1.165, 1.54) is 28.9 Å². The Morgan fingerprint density at radius 3 is 2.46 bits per heavy atom. The third-order valence-corrected chi connectivity index (χ3v) is 5.48. The smallest absolute Gasteiger partial charge is 0.444 e. The summed E-state index contributed by atoms with van der Waals surface area (Å²) in [6, 6.07) is 7.14. The summed E-state index contributed by atoms with van der Waals surface area (Å²) in [5, 5.41) is 12.5. The van der Waals surface area contributed by atoms with Crippen molar-refractivity contribution in [2.75, 3.05) is 20.6 Å². The zero-order valence-corrected chi connectivity index (χ0v) is 22.3. The fraction of sp³-hybridized carbons (Fsp3) is 0.385. The van der Waals surface area contributed by atoms with E-state index >= 15 is 0 Å². The summed E-state index contributed by atoms with van der Waals surface area (Å²) >= 11 is 0. The van der Waals surface area contributed by atoms with Crippen LogP contribution in [0.1, 0.15) is 26.5 Å². The number of amides is 1. The number of ether oxygens (including phenoxy) is 2. The third-order valence-electron chi connectivity index (χ3n) is 5.48. The summed E-state index contributed by atoms with van der Waals surface area (Å²) in [6.45, 7) is 6.82. The Balaban J connectivity index is 1.74. The fourth-order valence-electron chi connectivity index (χ4n) is 3.84. The topological polar surface area (TPSA) is 99.3 Å². The molecule has 0 aliphatic heterocycles. The van der Waals surface area contributed by atoms with Crippen molar-refractivity contribution in [3.05, 3.63) is 54.6 Å². The van der Waals surface area contributed by atoms with Gasteiger partial charge in [0.25, 0.3) is 0 Å². The first-order valence-corrected chi connectivity index (χ1v) is 12.2. The second-order valence-electron chi connectivity index (χ2n) is 10.1. The van der Waals surface area contributed by atoms with Crippen molar-refractivity contribution in [2.45, 2.75) is 45.8 Å². The zero-order valence-electron chi connectivity index (χ0n) is 22.3. The second-order valence-corrected chi connectivity index (χ2v) is 10.1. The monoisotopic (exact) mass is 545 g/mol. The number of halogens is 3. The molecule has 0 saturated heterocycles. The van der Waals surface area contributed by atoms with E-state index in [0.29, 0.717) is 29.0 Å². The number of alkyl halides is 3. The molecule has 3 aromatic heterocycles. The largest absolute Gasteiger partial charge is 0.573 e. The van der Waals surface area contributed by atoms with Crippen molar-refractivity contribution < 1.29 is 27.4 Å². The van der Waals surface area contributed by atoms with E-state index in [1.54, 1.807) is 33.2 Å². The Morgan fingerprint density at radius 1 is 1.10 bits per heavy atom. The lowest BCUT2D eigenvalue weighted by atomic mass is 10.1.